The third kappa shape index (κ3) is 1.15. The summed E-state index contributed by atoms with van der Waals surface area (Å²) in [5.41, 5.74) is 0.406. The van der Waals surface area contributed by atoms with Crippen LogP contribution in [-0.2, 0) is 0 Å². The summed E-state index contributed by atoms with van der Waals surface area (Å²) >= 11 is 1.40. The van der Waals surface area contributed by atoms with Crippen LogP contribution in [0.5, 0.6) is 11.5 Å². The van der Waals surface area contributed by atoms with Crippen LogP contribution >= 0.6 is 11.3 Å². The monoisotopic (exact) mass is 208 g/mol. The molecule has 0 radical (unpaired) electrons. The van der Waals surface area contributed by atoms with Gasteiger partial charge in [-0.1, -0.05) is 0 Å². The SMILES string of the molecule is COc1ccc2scc(O)c2c1C=O. The Balaban J connectivity index is 2.87. The van der Waals surface area contributed by atoms with Crippen molar-refractivity contribution in [3.63, 3.8) is 0 Å². The zero-order valence-electron chi connectivity index (χ0n) is 7.48. The number of hydrogen-bond acceptors (Lipinski definition) is 4. The Morgan fingerprint density at radius 1 is 1.50 bits per heavy atom. The number of thiophene rings is 1. The molecule has 3 nitrogen and oxygen atoms in total. The Hall–Kier alpha value is -1.55. The van der Waals surface area contributed by atoms with E-state index in [-0.39, 0.29) is 5.75 Å². The fourth-order valence-electron chi connectivity index (χ4n) is 1.42. The summed E-state index contributed by atoms with van der Waals surface area (Å²) in [5.74, 6) is 0.618. The summed E-state index contributed by atoms with van der Waals surface area (Å²) in [4.78, 5) is 10.9. The number of carbonyl (C=O) groups is 1. The summed E-state index contributed by atoms with van der Waals surface area (Å²) in [5, 5.41) is 11.7. The molecule has 1 aromatic heterocycles. The van der Waals surface area contributed by atoms with Crippen LogP contribution in [0.4, 0.5) is 0 Å². The fourth-order valence-corrected chi connectivity index (χ4v) is 2.25. The Labute approximate surface area is 84.6 Å². The normalized spacial score (nSPS) is 10.4. The molecule has 0 spiro atoms. The van der Waals surface area contributed by atoms with Gasteiger partial charge < -0.3 is 9.84 Å². The summed E-state index contributed by atoms with van der Waals surface area (Å²) in [6, 6.07) is 3.55. The van der Waals surface area contributed by atoms with Crippen LogP contribution in [0.25, 0.3) is 10.1 Å². The highest BCUT2D eigenvalue weighted by atomic mass is 32.1. The second-order valence-corrected chi connectivity index (χ2v) is 3.70. The van der Waals surface area contributed by atoms with E-state index in [2.05, 4.69) is 0 Å². The van der Waals surface area contributed by atoms with Gasteiger partial charge in [0.25, 0.3) is 0 Å². The van der Waals surface area contributed by atoms with E-state index in [9.17, 15) is 9.90 Å². The van der Waals surface area contributed by atoms with Gasteiger partial charge in [-0.25, -0.2) is 0 Å². The summed E-state index contributed by atoms with van der Waals surface area (Å²) in [7, 11) is 1.50. The number of rotatable bonds is 2. The first-order chi connectivity index (χ1) is 6.77. The van der Waals surface area contributed by atoms with Crippen LogP contribution in [0.2, 0.25) is 0 Å². The maximum atomic E-state index is 10.9. The highest BCUT2D eigenvalue weighted by molar-refractivity contribution is 7.17. The molecule has 0 unspecified atom stereocenters. The van der Waals surface area contributed by atoms with Gasteiger partial charge in [-0.15, -0.1) is 11.3 Å². The van der Waals surface area contributed by atoms with Gasteiger partial charge in [0.2, 0.25) is 0 Å². The zero-order valence-corrected chi connectivity index (χ0v) is 8.30. The van der Waals surface area contributed by atoms with E-state index >= 15 is 0 Å². The minimum Gasteiger partial charge on any atom is -0.506 e. The van der Waals surface area contributed by atoms with Crippen molar-refractivity contribution in [1.29, 1.82) is 0 Å². The molecular formula is C10H8O3S. The third-order valence-corrected chi connectivity index (χ3v) is 2.99. The van der Waals surface area contributed by atoms with Gasteiger partial charge in [0.1, 0.15) is 11.5 Å². The largest absolute Gasteiger partial charge is 0.506 e. The van der Waals surface area contributed by atoms with Gasteiger partial charge in [0.15, 0.2) is 6.29 Å². The molecule has 2 aromatic rings. The Morgan fingerprint density at radius 2 is 2.29 bits per heavy atom. The maximum Gasteiger partial charge on any atom is 0.154 e. The van der Waals surface area contributed by atoms with E-state index in [1.165, 1.54) is 18.4 Å². The van der Waals surface area contributed by atoms with Crippen molar-refractivity contribution in [2.45, 2.75) is 0 Å². The van der Waals surface area contributed by atoms with Crippen molar-refractivity contribution in [3.8, 4) is 11.5 Å². The minimum absolute atomic E-state index is 0.131. The second kappa shape index (κ2) is 3.31. The van der Waals surface area contributed by atoms with Gasteiger partial charge in [-0.05, 0) is 12.1 Å². The molecule has 4 heteroatoms. The number of carbonyl (C=O) groups excluding carboxylic acids is 1. The van der Waals surface area contributed by atoms with E-state index in [1.54, 1.807) is 11.4 Å². The summed E-state index contributed by atoms with van der Waals surface area (Å²) in [6.45, 7) is 0. The molecule has 14 heavy (non-hydrogen) atoms. The molecular weight excluding hydrogens is 200 g/mol. The van der Waals surface area contributed by atoms with Crippen molar-refractivity contribution in [2.75, 3.05) is 7.11 Å². The Bertz CT molecular complexity index is 487. The van der Waals surface area contributed by atoms with Gasteiger partial charge in [-0.3, -0.25) is 4.79 Å². The summed E-state index contributed by atoms with van der Waals surface area (Å²) in [6.07, 6.45) is 0.702. The van der Waals surface area contributed by atoms with Crippen LogP contribution in [0.15, 0.2) is 17.5 Å². The molecule has 0 aliphatic rings. The molecule has 1 N–H and O–H groups in total. The van der Waals surface area contributed by atoms with Crippen LogP contribution < -0.4 is 4.74 Å². The molecule has 1 heterocycles. The van der Waals surface area contributed by atoms with E-state index < -0.39 is 0 Å². The lowest BCUT2D eigenvalue weighted by Crippen LogP contribution is -1.90. The molecule has 0 saturated carbocycles. The second-order valence-electron chi connectivity index (χ2n) is 2.79. The molecule has 72 valence electrons. The predicted octanol–water partition coefficient (Wildman–Crippen LogP) is 2.43. The lowest BCUT2D eigenvalue weighted by molar-refractivity contribution is 0.112. The van der Waals surface area contributed by atoms with E-state index in [0.29, 0.717) is 23.0 Å². The standard InChI is InChI=1S/C10H8O3S/c1-13-8-2-3-9-10(6(8)4-11)7(12)5-14-9/h2-5,12H,1H3. The van der Waals surface area contributed by atoms with Gasteiger partial charge in [0, 0.05) is 15.5 Å². The zero-order chi connectivity index (χ0) is 10.1. The van der Waals surface area contributed by atoms with Crippen LogP contribution in [0.3, 0.4) is 0 Å². The van der Waals surface area contributed by atoms with Crippen molar-refractivity contribution in [3.05, 3.63) is 23.1 Å². The molecule has 0 atom stereocenters. The lowest BCUT2D eigenvalue weighted by atomic mass is 10.1. The van der Waals surface area contributed by atoms with Crippen LogP contribution in [-0.4, -0.2) is 18.5 Å². The van der Waals surface area contributed by atoms with Crippen molar-refractivity contribution < 1.29 is 14.6 Å². The third-order valence-electron chi connectivity index (χ3n) is 2.06. The molecule has 1 aromatic carbocycles. The number of ether oxygens (including phenoxy) is 1. The Kier molecular flexibility index (Phi) is 2.13. The van der Waals surface area contributed by atoms with Crippen molar-refractivity contribution in [1.82, 2.24) is 0 Å². The molecule has 0 aliphatic heterocycles. The quantitative estimate of drug-likeness (QED) is 0.771. The van der Waals surface area contributed by atoms with Crippen LogP contribution in [0, 0.1) is 0 Å². The van der Waals surface area contributed by atoms with E-state index in [0.717, 1.165) is 4.70 Å². The molecule has 0 fully saturated rings. The van der Waals surface area contributed by atoms with E-state index in [4.69, 9.17) is 4.74 Å². The predicted molar refractivity (Wildman–Crippen MR) is 55.4 cm³/mol. The smallest absolute Gasteiger partial charge is 0.154 e. The highest BCUT2D eigenvalue weighted by Gasteiger charge is 2.12. The Morgan fingerprint density at radius 3 is 2.93 bits per heavy atom. The molecule has 0 aliphatic carbocycles. The first-order valence-corrected chi connectivity index (χ1v) is 4.88. The van der Waals surface area contributed by atoms with Crippen molar-refractivity contribution in [2.24, 2.45) is 0 Å². The fraction of sp³-hybridized carbons (Fsp3) is 0.100. The molecule has 0 bridgehead atoms. The topological polar surface area (TPSA) is 46.5 Å². The molecule has 0 saturated heterocycles. The number of aldehydes is 1. The van der Waals surface area contributed by atoms with Crippen LogP contribution in [0.1, 0.15) is 10.4 Å². The molecule has 2 rings (SSSR count). The average molecular weight is 208 g/mol. The number of methoxy groups -OCH3 is 1. The number of fused-ring (bicyclic) bond motifs is 1. The lowest BCUT2D eigenvalue weighted by Gasteiger charge is -2.03. The first-order valence-electron chi connectivity index (χ1n) is 4.00. The maximum absolute atomic E-state index is 10.9. The average Bonchev–Trinajstić information content (AvgIpc) is 2.59. The molecule has 0 amide bonds. The van der Waals surface area contributed by atoms with Gasteiger partial charge in [-0.2, -0.15) is 0 Å². The minimum atomic E-state index is 0.131. The van der Waals surface area contributed by atoms with Gasteiger partial charge in [0.05, 0.1) is 12.7 Å². The number of hydrogen-bond donors (Lipinski definition) is 1. The summed E-state index contributed by atoms with van der Waals surface area (Å²) < 4.78 is 5.91. The van der Waals surface area contributed by atoms with E-state index in [1.807, 2.05) is 6.07 Å². The highest BCUT2D eigenvalue weighted by Crippen LogP contribution is 2.37. The first kappa shape index (κ1) is 9.02. The van der Waals surface area contributed by atoms with Crippen molar-refractivity contribution >= 4 is 27.7 Å². The number of benzene rings is 1. The van der Waals surface area contributed by atoms with Gasteiger partial charge >= 0.3 is 0 Å². The number of aromatic hydroxyl groups is 1.